The third kappa shape index (κ3) is 1.89. The van der Waals surface area contributed by atoms with Crippen LogP contribution in [0.15, 0.2) is 35.5 Å². The molecule has 3 aliphatic carbocycles. The second-order valence-corrected chi connectivity index (χ2v) is 9.50. The molecule has 1 saturated carbocycles. The van der Waals surface area contributed by atoms with Crippen molar-refractivity contribution in [3.05, 3.63) is 35.5 Å². The molecule has 3 bridgehead atoms. The lowest BCUT2D eigenvalue weighted by atomic mass is 9.55. The smallest absolute Gasteiger partial charge is 0.281 e. The zero-order chi connectivity index (χ0) is 20.3. The molecule has 0 aromatic carbocycles. The van der Waals surface area contributed by atoms with Gasteiger partial charge in [-0.15, -0.1) is 0 Å². The first kappa shape index (κ1) is 18.7. The number of Topliss-reactive ketones (excluding diaryl/α,β-unsaturated/α-hetero) is 1. The topological polar surface area (TPSA) is 85.2 Å². The molecule has 0 amide bonds. The maximum absolute atomic E-state index is 13.0. The number of fused-ring (bicyclic) bond motifs is 2. The summed E-state index contributed by atoms with van der Waals surface area (Å²) in [5.41, 5.74) is -1.15. The molecule has 3 fully saturated rings. The Balaban J connectivity index is 1.79. The molecular formula is C22H28O6. The average molecular weight is 388 g/mol. The zero-order valence-electron chi connectivity index (χ0n) is 16.8. The predicted molar refractivity (Wildman–Crippen MR) is 100.0 cm³/mol. The number of ketones is 1. The molecule has 2 N–H and O–H groups in total. The number of aliphatic hydroxyl groups excluding tert-OH is 1. The van der Waals surface area contributed by atoms with Crippen LogP contribution in [0.2, 0.25) is 0 Å². The first-order chi connectivity index (χ1) is 13.0. The van der Waals surface area contributed by atoms with Crippen molar-refractivity contribution >= 4 is 5.78 Å². The van der Waals surface area contributed by atoms with Crippen LogP contribution in [0.1, 0.15) is 40.5 Å². The van der Waals surface area contributed by atoms with Gasteiger partial charge in [-0.05, 0) is 42.9 Å². The van der Waals surface area contributed by atoms with Crippen LogP contribution in [0.5, 0.6) is 0 Å². The van der Waals surface area contributed by atoms with Gasteiger partial charge in [-0.3, -0.25) is 4.79 Å². The van der Waals surface area contributed by atoms with Gasteiger partial charge in [0.2, 0.25) is 0 Å². The van der Waals surface area contributed by atoms with E-state index in [-0.39, 0.29) is 36.8 Å². The van der Waals surface area contributed by atoms with Crippen molar-refractivity contribution in [1.29, 1.82) is 0 Å². The summed E-state index contributed by atoms with van der Waals surface area (Å²) < 4.78 is 19.3. The summed E-state index contributed by atoms with van der Waals surface area (Å²) in [6, 6.07) is 0. The van der Waals surface area contributed by atoms with Gasteiger partial charge < -0.3 is 24.4 Å². The molecule has 2 heterocycles. The molecule has 5 rings (SSSR count). The van der Waals surface area contributed by atoms with E-state index in [0.717, 1.165) is 5.57 Å². The molecule has 152 valence electrons. The minimum absolute atomic E-state index is 0.0306. The van der Waals surface area contributed by atoms with Crippen LogP contribution in [0, 0.1) is 17.8 Å². The molecule has 5 aliphatic rings. The standard InChI is InChI=1S/C22H28O6/c1-11(2)21-8-13(4)22-15(18(21)26-19(5,27-21)28-22)7-14(10-23)9-20(25)16(22)6-12(3)17(20)24/h6-7,13,15-16,18,23,25H,1,8-10H2,2-5H3/t13-,15+,16-,18-,19-,20-,21-,22-/m1/s1. The Hall–Kier alpha value is -1.31. The highest BCUT2D eigenvalue weighted by molar-refractivity contribution is 6.04. The molecule has 0 aromatic heterocycles. The Morgan fingerprint density at radius 2 is 2.07 bits per heavy atom. The van der Waals surface area contributed by atoms with E-state index in [4.69, 9.17) is 14.2 Å². The van der Waals surface area contributed by atoms with Gasteiger partial charge in [-0.2, -0.15) is 0 Å². The van der Waals surface area contributed by atoms with Crippen molar-refractivity contribution in [2.75, 3.05) is 6.61 Å². The second kappa shape index (κ2) is 5.24. The van der Waals surface area contributed by atoms with Crippen molar-refractivity contribution in [3.63, 3.8) is 0 Å². The normalized spacial score (nSPS) is 54.0. The number of carbonyl (C=O) groups is 1. The summed E-state index contributed by atoms with van der Waals surface area (Å²) in [6.45, 7) is 11.5. The number of rotatable bonds is 2. The summed E-state index contributed by atoms with van der Waals surface area (Å²) in [5, 5.41) is 21.6. The lowest BCUT2D eigenvalue weighted by Gasteiger charge is -2.58. The van der Waals surface area contributed by atoms with Crippen LogP contribution in [0.3, 0.4) is 0 Å². The molecule has 2 aliphatic heterocycles. The molecule has 0 unspecified atom stereocenters. The van der Waals surface area contributed by atoms with Crippen LogP contribution in [0.25, 0.3) is 0 Å². The Labute approximate surface area is 164 Å². The number of ether oxygens (including phenoxy) is 3. The van der Waals surface area contributed by atoms with Crippen molar-refractivity contribution in [3.8, 4) is 0 Å². The van der Waals surface area contributed by atoms with Crippen molar-refractivity contribution in [2.24, 2.45) is 17.8 Å². The lowest BCUT2D eigenvalue weighted by molar-refractivity contribution is -0.413. The Morgan fingerprint density at radius 1 is 1.36 bits per heavy atom. The quantitative estimate of drug-likeness (QED) is 0.704. The van der Waals surface area contributed by atoms with Gasteiger partial charge >= 0.3 is 0 Å². The highest BCUT2D eigenvalue weighted by Crippen LogP contribution is 2.67. The van der Waals surface area contributed by atoms with Gasteiger partial charge in [0.1, 0.15) is 17.3 Å². The summed E-state index contributed by atoms with van der Waals surface area (Å²) in [5.74, 6) is -2.40. The molecule has 8 atom stereocenters. The SMILES string of the molecule is C=C(C)[C@]12C[C@@H](C)[C@@]34O[C@](C)(O[C@@H]1[C@@H]3C=C(CO)C[C@]1(O)C(=O)C(C)=C[C@@H]41)O2. The van der Waals surface area contributed by atoms with Crippen LogP contribution in [-0.2, 0) is 19.0 Å². The first-order valence-electron chi connectivity index (χ1n) is 10.0. The predicted octanol–water partition coefficient (Wildman–Crippen LogP) is 2.01. The Kier molecular flexibility index (Phi) is 3.50. The molecular weight excluding hydrogens is 360 g/mol. The van der Waals surface area contributed by atoms with E-state index in [1.54, 1.807) is 13.8 Å². The maximum atomic E-state index is 13.0. The highest BCUT2D eigenvalue weighted by Gasteiger charge is 2.78. The molecule has 28 heavy (non-hydrogen) atoms. The number of aliphatic hydroxyl groups is 2. The van der Waals surface area contributed by atoms with Crippen LogP contribution >= 0.6 is 0 Å². The molecule has 2 saturated heterocycles. The third-order valence-corrected chi connectivity index (χ3v) is 7.76. The Morgan fingerprint density at radius 3 is 2.71 bits per heavy atom. The van der Waals surface area contributed by atoms with E-state index in [9.17, 15) is 15.0 Å². The fraction of sp³-hybridized carbons (Fsp3) is 0.682. The van der Waals surface area contributed by atoms with Crippen LogP contribution in [-0.4, -0.2) is 51.5 Å². The molecule has 0 spiro atoms. The van der Waals surface area contributed by atoms with Crippen molar-refractivity contribution in [2.45, 2.75) is 69.4 Å². The maximum Gasteiger partial charge on any atom is 0.281 e. The monoisotopic (exact) mass is 388 g/mol. The van der Waals surface area contributed by atoms with Crippen LogP contribution in [0.4, 0.5) is 0 Å². The fourth-order valence-corrected chi connectivity index (χ4v) is 6.68. The Bertz CT molecular complexity index is 859. The van der Waals surface area contributed by atoms with Gasteiger partial charge in [-0.25, -0.2) is 0 Å². The van der Waals surface area contributed by atoms with E-state index in [1.165, 1.54) is 0 Å². The second-order valence-electron chi connectivity index (χ2n) is 9.50. The molecule has 0 aromatic rings. The fourth-order valence-electron chi connectivity index (χ4n) is 6.68. The summed E-state index contributed by atoms with van der Waals surface area (Å²) in [6.07, 6.45) is 4.20. The van der Waals surface area contributed by atoms with Crippen LogP contribution < -0.4 is 0 Å². The van der Waals surface area contributed by atoms with Gasteiger partial charge in [0.25, 0.3) is 5.97 Å². The van der Waals surface area contributed by atoms with Gasteiger partial charge in [0, 0.05) is 25.2 Å². The van der Waals surface area contributed by atoms with E-state index in [0.29, 0.717) is 17.6 Å². The van der Waals surface area contributed by atoms with Gasteiger partial charge in [0.15, 0.2) is 5.78 Å². The molecule has 0 radical (unpaired) electrons. The minimum atomic E-state index is -1.63. The minimum Gasteiger partial charge on any atom is -0.392 e. The molecule has 6 nitrogen and oxygen atoms in total. The number of hydrogen-bond donors (Lipinski definition) is 2. The summed E-state index contributed by atoms with van der Waals surface area (Å²) in [7, 11) is 0. The van der Waals surface area contributed by atoms with Gasteiger partial charge in [-0.1, -0.05) is 25.7 Å². The van der Waals surface area contributed by atoms with E-state index >= 15 is 0 Å². The average Bonchev–Trinajstić information content (AvgIpc) is 2.91. The summed E-state index contributed by atoms with van der Waals surface area (Å²) in [4.78, 5) is 13.0. The largest absolute Gasteiger partial charge is 0.392 e. The number of hydrogen-bond acceptors (Lipinski definition) is 6. The van der Waals surface area contributed by atoms with Crippen molar-refractivity contribution in [1.82, 2.24) is 0 Å². The first-order valence-corrected chi connectivity index (χ1v) is 10.0. The van der Waals surface area contributed by atoms with E-state index in [1.807, 2.05) is 19.1 Å². The van der Waals surface area contributed by atoms with Crippen molar-refractivity contribution < 1.29 is 29.2 Å². The number of carbonyl (C=O) groups excluding carboxylic acids is 1. The highest BCUT2D eigenvalue weighted by atomic mass is 16.9. The van der Waals surface area contributed by atoms with E-state index < -0.39 is 28.7 Å². The third-order valence-electron chi connectivity index (χ3n) is 7.76. The summed E-state index contributed by atoms with van der Waals surface area (Å²) >= 11 is 0. The molecule has 6 heteroatoms. The van der Waals surface area contributed by atoms with E-state index in [2.05, 4.69) is 13.5 Å². The lowest BCUT2D eigenvalue weighted by Crippen LogP contribution is -2.70. The zero-order valence-corrected chi connectivity index (χ0v) is 16.8. The van der Waals surface area contributed by atoms with Gasteiger partial charge in [0.05, 0.1) is 12.2 Å².